The summed E-state index contributed by atoms with van der Waals surface area (Å²) in [5.74, 6) is 0.509. The minimum Gasteiger partial charge on any atom is -0.382 e. The molecule has 0 amide bonds. The fourth-order valence-electron chi connectivity index (χ4n) is 2.35. The fraction of sp³-hybridized carbons (Fsp3) is 0.0556. The Kier molecular flexibility index (Phi) is 3.83. The number of anilines is 2. The van der Waals surface area contributed by atoms with E-state index in [1.807, 2.05) is 48.5 Å². The van der Waals surface area contributed by atoms with E-state index in [1.54, 1.807) is 6.20 Å². The van der Waals surface area contributed by atoms with Gasteiger partial charge in [0.25, 0.3) is 0 Å². The molecule has 0 atom stereocenters. The lowest BCUT2D eigenvalue weighted by Gasteiger charge is -2.21. The van der Waals surface area contributed by atoms with E-state index in [9.17, 15) is 0 Å². The van der Waals surface area contributed by atoms with Crippen molar-refractivity contribution >= 4 is 11.5 Å². The first-order valence-corrected chi connectivity index (χ1v) is 6.91. The minimum atomic E-state index is 0.0406. The van der Waals surface area contributed by atoms with Gasteiger partial charge in [-0.2, -0.15) is 0 Å². The minimum absolute atomic E-state index is 0.0406. The van der Waals surface area contributed by atoms with Crippen LogP contribution in [-0.4, -0.2) is 4.98 Å². The van der Waals surface area contributed by atoms with Gasteiger partial charge in [0.15, 0.2) is 0 Å². The normalized spacial score (nSPS) is 10.5. The van der Waals surface area contributed by atoms with Crippen LogP contribution in [0.3, 0.4) is 0 Å². The summed E-state index contributed by atoms with van der Waals surface area (Å²) in [7, 11) is 0. The SMILES string of the molecule is Nc1ncccc1NC(c1ccccc1)c1ccccc1. The van der Waals surface area contributed by atoms with Crippen LogP contribution in [-0.2, 0) is 0 Å². The number of hydrogen-bond donors (Lipinski definition) is 2. The second kappa shape index (κ2) is 6.09. The molecule has 3 heteroatoms. The van der Waals surface area contributed by atoms with E-state index in [4.69, 9.17) is 5.73 Å². The first-order chi connectivity index (χ1) is 10.3. The van der Waals surface area contributed by atoms with Crippen molar-refractivity contribution in [3.05, 3.63) is 90.1 Å². The summed E-state index contributed by atoms with van der Waals surface area (Å²) >= 11 is 0. The number of rotatable bonds is 4. The van der Waals surface area contributed by atoms with Gasteiger partial charge in [0.1, 0.15) is 5.82 Å². The summed E-state index contributed by atoms with van der Waals surface area (Å²) < 4.78 is 0. The quantitative estimate of drug-likeness (QED) is 0.760. The standard InChI is InChI=1S/C18H17N3/c19-18-16(12-7-13-20-18)21-17(14-8-3-1-4-9-14)15-10-5-2-6-11-15/h1-13,17,21H,(H2,19,20). The molecular formula is C18H17N3. The molecule has 3 nitrogen and oxygen atoms in total. The van der Waals surface area contributed by atoms with Crippen LogP contribution >= 0.6 is 0 Å². The van der Waals surface area contributed by atoms with E-state index in [2.05, 4.69) is 34.6 Å². The van der Waals surface area contributed by atoms with Gasteiger partial charge in [-0.25, -0.2) is 4.98 Å². The van der Waals surface area contributed by atoms with Crippen molar-refractivity contribution in [2.24, 2.45) is 0 Å². The maximum atomic E-state index is 5.95. The zero-order chi connectivity index (χ0) is 14.5. The Bertz CT molecular complexity index is 656. The van der Waals surface area contributed by atoms with Gasteiger partial charge >= 0.3 is 0 Å². The van der Waals surface area contributed by atoms with Crippen molar-refractivity contribution in [3.63, 3.8) is 0 Å². The molecule has 104 valence electrons. The Morgan fingerprint density at radius 2 is 1.33 bits per heavy atom. The molecule has 3 rings (SSSR count). The Labute approximate surface area is 124 Å². The molecule has 0 bridgehead atoms. The maximum absolute atomic E-state index is 5.95. The number of pyridine rings is 1. The van der Waals surface area contributed by atoms with Gasteiger partial charge in [-0.3, -0.25) is 0 Å². The number of nitrogens with one attached hydrogen (secondary N) is 1. The summed E-state index contributed by atoms with van der Waals surface area (Å²) in [6.07, 6.45) is 1.69. The molecule has 2 aromatic carbocycles. The van der Waals surface area contributed by atoms with E-state index < -0.39 is 0 Å². The predicted octanol–water partition coefficient (Wildman–Crippen LogP) is 3.87. The monoisotopic (exact) mass is 275 g/mol. The molecule has 1 aromatic heterocycles. The predicted molar refractivity (Wildman–Crippen MR) is 87.0 cm³/mol. The molecule has 3 aromatic rings. The van der Waals surface area contributed by atoms with Crippen LogP contribution in [0.25, 0.3) is 0 Å². The molecule has 0 aliphatic carbocycles. The van der Waals surface area contributed by atoms with Crippen molar-refractivity contribution in [1.82, 2.24) is 4.98 Å². The van der Waals surface area contributed by atoms with E-state index in [0.717, 1.165) is 5.69 Å². The average Bonchev–Trinajstić information content (AvgIpc) is 2.56. The van der Waals surface area contributed by atoms with Crippen molar-refractivity contribution in [1.29, 1.82) is 0 Å². The second-order valence-corrected chi connectivity index (χ2v) is 4.83. The zero-order valence-electron chi connectivity index (χ0n) is 11.6. The van der Waals surface area contributed by atoms with Crippen LogP contribution in [0.15, 0.2) is 79.0 Å². The average molecular weight is 275 g/mol. The number of hydrogen-bond acceptors (Lipinski definition) is 3. The van der Waals surface area contributed by atoms with Crippen LogP contribution < -0.4 is 11.1 Å². The lowest BCUT2D eigenvalue weighted by atomic mass is 9.98. The molecule has 0 aliphatic rings. The van der Waals surface area contributed by atoms with Crippen LogP contribution in [0, 0.1) is 0 Å². The molecule has 21 heavy (non-hydrogen) atoms. The summed E-state index contributed by atoms with van der Waals surface area (Å²) in [6, 6.07) is 24.5. The molecule has 3 N–H and O–H groups in total. The highest BCUT2D eigenvalue weighted by Crippen LogP contribution is 2.28. The fourth-order valence-corrected chi connectivity index (χ4v) is 2.35. The Morgan fingerprint density at radius 3 is 1.86 bits per heavy atom. The highest BCUT2D eigenvalue weighted by molar-refractivity contribution is 5.63. The Balaban J connectivity index is 1.99. The summed E-state index contributed by atoms with van der Waals surface area (Å²) in [6.45, 7) is 0. The molecule has 0 aliphatic heterocycles. The molecular weight excluding hydrogens is 258 g/mol. The van der Waals surface area contributed by atoms with E-state index >= 15 is 0 Å². The third-order valence-electron chi connectivity index (χ3n) is 3.40. The second-order valence-electron chi connectivity index (χ2n) is 4.83. The lowest BCUT2D eigenvalue weighted by molar-refractivity contribution is 0.938. The highest BCUT2D eigenvalue weighted by Gasteiger charge is 2.14. The van der Waals surface area contributed by atoms with Crippen LogP contribution in [0.5, 0.6) is 0 Å². The van der Waals surface area contributed by atoms with Gasteiger partial charge in [0, 0.05) is 6.20 Å². The van der Waals surface area contributed by atoms with Gasteiger partial charge in [0.05, 0.1) is 11.7 Å². The molecule has 0 saturated heterocycles. The van der Waals surface area contributed by atoms with Crippen LogP contribution in [0.1, 0.15) is 17.2 Å². The zero-order valence-corrected chi connectivity index (χ0v) is 11.6. The molecule has 1 heterocycles. The van der Waals surface area contributed by atoms with Crippen LogP contribution in [0.2, 0.25) is 0 Å². The van der Waals surface area contributed by atoms with Crippen LogP contribution in [0.4, 0.5) is 11.5 Å². The topological polar surface area (TPSA) is 50.9 Å². The smallest absolute Gasteiger partial charge is 0.146 e. The molecule has 0 spiro atoms. The lowest BCUT2D eigenvalue weighted by Crippen LogP contribution is -2.13. The third-order valence-corrected chi connectivity index (χ3v) is 3.40. The number of nitrogens with zero attached hydrogens (tertiary/aromatic N) is 1. The summed E-state index contributed by atoms with van der Waals surface area (Å²) in [5.41, 5.74) is 9.17. The molecule has 0 unspecified atom stereocenters. The van der Waals surface area contributed by atoms with Crippen molar-refractivity contribution in [2.75, 3.05) is 11.1 Å². The van der Waals surface area contributed by atoms with Crippen molar-refractivity contribution in [2.45, 2.75) is 6.04 Å². The third kappa shape index (κ3) is 3.03. The number of aromatic nitrogens is 1. The highest BCUT2D eigenvalue weighted by atomic mass is 15.0. The Morgan fingerprint density at radius 1 is 0.762 bits per heavy atom. The molecule has 0 fully saturated rings. The van der Waals surface area contributed by atoms with E-state index in [1.165, 1.54) is 11.1 Å². The number of nitrogens with two attached hydrogens (primary N) is 1. The first-order valence-electron chi connectivity index (χ1n) is 6.91. The van der Waals surface area contributed by atoms with Gasteiger partial charge in [-0.05, 0) is 23.3 Å². The van der Waals surface area contributed by atoms with Gasteiger partial charge in [-0.1, -0.05) is 60.7 Å². The Hall–Kier alpha value is -2.81. The van der Waals surface area contributed by atoms with E-state index in [-0.39, 0.29) is 6.04 Å². The van der Waals surface area contributed by atoms with Gasteiger partial charge in [0.2, 0.25) is 0 Å². The largest absolute Gasteiger partial charge is 0.382 e. The summed E-state index contributed by atoms with van der Waals surface area (Å²) in [5, 5.41) is 3.49. The summed E-state index contributed by atoms with van der Waals surface area (Å²) in [4.78, 5) is 4.13. The molecule has 0 saturated carbocycles. The van der Waals surface area contributed by atoms with Gasteiger partial charge < -0.3 is 11.1 Å². The van der Waals surface area contributed by atoms with Crippen molar-refractivity contribution < 1.29 is 0 Å². The molecule has 0 radical (unpaired) electrons. The van der Waals surface area contributed by atoms with E-state index in [0.29, 0.717) is 5.82 Å². The number of nitrogen functional groups attached to an aromatic ring is 1. The first kappa shape index (κ1) is 13.2. The number of benzene rings is 2. The van der Waals surface area contributed by atoms with Gasteiger partial charge in [-0.15, -0.1) is 0 Å². The van der Waals surface area contributed by atoms with Crippen molar-refractivity contribution in [3.8, 4) is 0 Å². The maximum Gasteiger partial charge on any atom is 0.146 e.